The van der Waals surface area contributed by atoms with Gasteiger partial charge in [0.2, 0.25) is 20.0 Å². The molecule has 10 nitrogen and oxygen atoms in total. The van der Waals surface area contributed by atoms with Crippen molar-refractivity contribution in [1.82, 2.24) is 13.9 Å². The smallest absolute Gasteiger partial charge is 0.305 e. The molecule has 2 atom stereocenters. The van der Waals surface area contributed by atoms with Crippen molar-refractivity contribution < 1.29 is 31.5 Å². The molecule has 0 spiro atoms. The molecule has 0 saturated carbocycles. The van der Waals surface area contributed by atoms with Crippen molar-refractivity contribution in [3.05, 3.63) is 71.3 Å². The average molecular weight is 524 g/mol. The third-order valence-electron chi connectivity index (χ3n) is 5.65. The van der Waals surface area contributed by atoms with Gasteiger partial charge in [0.05, 0.1) is 24.5 Å². The van der Waals surface area contributed by atoms with Crippen molar-refractivity contribution in [3.63, 3.8) is 0 Å². The summed E-state index contributed by atoms with van der Waals surface area (Å²) in [6.07, 6.45) is -1.01. The molecule has 1 amide bonds. The van der Waals surface area contributed by atoms with Crippen molar-refractivity contribution in [2.45, 2.75) is 37.7 Å². The van der Waals surface area contributed by atoms with Crippen LogP contribution in [0.3, 0.4) is 0 Å². The van der Waals surface area contributed by atoms with Gasteiger partial charge in [0.25, 0.3) is 5.91 Å². The van der Waals surface area contributed by atoms with E-state index in [0.717, 1.165) is 20.4 Å². The van der Waals surface area contributed by atoms with Crippen LogP contribution >= 0.6 is 0 Å². The Kier molecular flexibility index (Phi) is 8.31. The highest BCUT2D eigenvalue weighted by atomic mass is 32.2. The fourth-order valence-corrected chi connectivity index (χ4v) is 6.89. The summed E-state index contributed by atoms with van der Waals surface area (Å²) in [5.41, 5.74) is 1.85. The molecule has 190 valence electrons. The summed E-state index contributed by atoms with van der Waals surface area (Å²) in [6, 6.07) is 14.3. The number of nitrogens with one attached hydrogen (secondary N) is 1. The summed E-state index contributed by atoms with van der Waals surface area (Å²) in [7, 11) is -8.07. The Morgan fingerprint density at radius 1 is 1.03 bits per heavy atom. The van der Waals surface area contributed by atoms with Crippen molar-refractivity contribution in [2.24, 2.45) is 0 Å². The Hall–Kier alpha value is -2.80. The summed E-state index contributed by atoms with van der Waals surface area (Å²) in [4.78, 5) is 25.0. The number of carbonyl (C=O) groups excluding carboxylic acids is 1. The van der Waals surface area contributed by atoms with Gasteiger partial charge in [-0.3, -0.25) is 9.59 Å². The first kappa shape index (κ1) is 26.8. The first-order valence-electron chi connectivity index (χ1n) is 11.0. The molecule has 2 unspecified atom stereocenters. The number of amides is 1. The molecule has 0 aliphatic carbocycles. The van der Waals surface area contributed by atoms with Crippen LogP contribution in [-0.4, -0.2) is 67.9 Å². The zero-order chi connectivity index (χ0) is 25.8. The summed E-state index contributed by atoms with van der Waals surface area (Å²) in [6.45, 7) is 1.73. The van der Waals surface area contributed by atoms with Crippen LogP contribution in [0.4, 0.5) is 0 Å². The van der Waals surface area contributed by atoms with Gasteiger partial charge in [-0.25, -0.2) is 16.8 Å². The number of benzene rings is 2. The molecule has 1 aliphatic heterocycles. The van der Waals surface area contributed by atoms with Gasteiger partial charge >= 0.3 is 5.97 Å². The Morgan fingerprint density at radius 2 is 1.69 bits per heavy atom. The summed E-state index contributed by atoms with van der Waals surface area (Å²) in [5, 5.41) is 12.0. The zero-order valence-corrected chi connectivity index (χ0v) is 21.1. The second-order valence-electron chi connectivity index (χ2n) is 8.53. The molecule has 3 rings (SSSR count). The Balaban J connectivity index is 1.98. The van der Waals surface area contributed by atoms with Gasteiger partial charge in [0, 0.05) is 13.1 Å². The maximum atomic E-state index is 13.5. The molecule has 1 fully saturated rings. The van der Waals surface area contributed by atoms with E-state index in [1.807, 2.05) is 13.0 Å². The largest absolute Gasteiger partial charge is 0.481 e. The first-order valence-corrected chi connectivity index (χ1v) is 14.4. The lowest BCUT2D eigenvalue weighted by atomic mass is 10.0. The van der Waals surface area contributed by atoms with Gasteiger partial charge in [-0.1, -0.05) is 60.2 Å². The van der Waals surface area contributed by atoms with Crippen LogP contribution in [0.5, 0.6) is 0 Å². The maximum Gasteiger partial charge on any atom is 0.305 e. The molecule has 0 bridgehead atoms. The molecule has 12 heteroatoms. The molecule has 0 aromatic heterocycles. The van der Waals surface area contributed by atoms with Crippen LogP contribution in [0.15, 0.2) is 54.6 Å². The average Bonchev–Trinajstić information content (AvgIpc) is 2.77. The lowest BCUT2D eigenvalue weighted by molar-refractivity contribution is -0.138. The Bertz CT molecular complexity index is 1280. The van der Waals surface area contributed by atoms with E-state index < -0.39 is 56.3 Å². The SMILES string of the molecule is Cc1cccc(C(CC(=O)O)NC(=O)C2N(S(C)(=O)=O)CCCN2S(=O)(=O)Cc2ccccc2)c1. The van der Waals surface area contributed by atoms with Crippen LogP contribution < -0.4 is 5.32 Å². The van der Waals surface area contributed by atoms with Gasteiger partial charge in [0.1, 0.15) is 0 Å². The third kappa shape index (κ3) is 6.88. The van der Waals surface area contributed by atoms with Crippen LogP contribution in [0.2, 0.25) is 0 Å². The fourth-order valence-electron chi connectivity index (χ4n) is 4.10. The summed E-state index contributed by atoms with van der Waals surface area (Å²) < 4.78 is 53.5. The lowest BCUT2D eigenvalue weighted by Crippen LogP contribution is -2.63. The number of rotatable bonds is 9. The standard InChI is InChI=1S/C23H29N3O7S2/c1-17-8-6-11-19(14-17)20(15-21(27)28)24-22(29)23-25(34(2,30)31)12-7-13-26(23)35(32,33)16-18-9-4-3-5-10-18/h3-6,8-11,14,20,23H,7,12-13,15-16H2,1-2H3,(H,24,29)(H,27,28). The number of carbonyl (C=O) groups is 2. The quantitative estimate of drug-likeness (QED) is 0.507. The highest BCUT2D eigenvalue weighted by Gasteiger charge is 2.45. The molecule has 1 aliphatic rings. The normalized spacial score (nSPS) is 18.6. The molecule has 35 heavy (non-hydrogen) atoms. The molecule has 2 aromatic rings. The second kappa shape index (κ2) is 10.9. The summed E-state index contributed by atoms with van der Waals surface area (Å²) >= 11 is 0. The molecule has 1 saturated heterocycles. The second-order valence-corrected chi connectivity index (χ2v) is 12.4. The molecule has 2 aromatic carbocycles. The monoisotopic (exact) mass is 523 g/mol. The van der Waals surface area contributed by atoms with Gasteiger partial charge in [-0.15, -0.1) is 0 Å². The third-order valence-corrected chi connectivity index (χ3v) is 8.68. The number of hydrogen-bond acceptors (Lipinski definition) is 6. The van der Waals surface area contributed by atoms with Gasteiger partial charge in [0.15, 0.2) is 6.17 Å². The maximum absolute atomic E-state index is 13.5. The van der Waals surface area contributed by atoms with Crippen LogP contribution in [0.1, 0.15) is 35.6 Å². The molecular weight excluding hydrogens is 494 g/mol. The fraction of sp³-hybridized carbons (Fsp3) is 0.391. The van der Waals surface area contributed by atoms with E-state index >= 15 is 0 Å². The number of aryl methyl sites for hydroxylation is 1. The van der Waals surface area contributed by atoms with Crippen molar-refractivity contribution in [3.8, 4) is 0 Å². The van der Waals surface area contributed by atoms with Crippen molar-refractivity contribution in [1.29, 1.82) is 0 Å². The predicted octanol–water partition coefficient (Wildman–Crippen LogP) is 1.45. The topological polar surface area (TPSA) is 141 Å². The van der Waals surface area contributed by atoms with E-state index in [4.69, 9.17) is 0 Å². The highest BCUT2D eigenvalue weighted by molar-refractivity contribution is 7.89. The molecule has 0 radical (unpaired) electrons. The van der Waals surface area contributed by atoms with E-state index in [1.54, 1.807) is 48.5 Å². The molecule has 2 N–H and O–H groups in total. The number of carboxylic acid groups (broad SMARTS) is 1. The Morgan fingerprint density at radius 3 is 2.29 bits per heavy atom. The number of sulfonamides is 2. The van der Waals surface area contributed by atoms with E-state index in [-0.39, 0.29) is 19.5 Å². The Labute approximate surface area is 205 Å². The van der Waals surface area contributed by atoms with Crippen molar-refractivity contribution >= 4 is 31.9 Å². The van der Waals surface area contributed by atoms with E-state index in [1.165, 1.54) is 0 Å². The highest BCUT2D eigenvalue weighted by Crippen LogP contribution is 2.26. The van der Waals surface area contributed by atoms with E-state index in [9.17, 15) is 31.5 Å². The van der Waals surface area contributed by atoms with Crippen molar-refractivity contribution in [2.75, 3.05) is 19.3 Å². The lowest BCUT2D eigenvalue weighted by Gasteiger charge is -2.40. The number of hydrogen-bond donors (Lipinski definition) is 2. The number of carboxylic acids is 1. The number of nitrogens with zero attached hydrogens (tertiary/aromatic N) is 2. The van der Waals surface area contributed by atoms with E-state index in [0.29, 0.717) is 11.1 Å². The molecular formula is C23H29N3O7S2. The summed E-state index contributed by atoms with van der Waals surface area (Å²) in [5.74, 6) is -2.49. The zero-order valence-electron chi connectivity index (χ0n) is 19.5. The van der Waals surface area contributed by atoms with Crippen LogP contribution in [-0.2, 0) is 35.4 Å². The molecule has 1 heterocycles. The number of aliphatic carboxylic acids is 1. The minimum absolute atomic E-state index is 0.0394. The minimum Gasteiger partial charge on any atom is -0.481 e. The van der Waals surface area contributed by atoms with Crippen LogP contribution in [0, 0.1) is 6.92 Å². The van der Waals surface area contributed by atoms with Crippen LogP contribution in [0.25, 0.3) is 0 Å². The van der Waals surface area contributed by atoms with E-state index in [2.05, 4.69) is 5.32 Å². The van der Waals surface area contributed by atoms with Gasteiger partial charge < -0.3 is 10.4 Å². The predicted molar refractivity (Wildman–Crippen MR) is 130 cm³/mol. The van der Waals surface area contributed by atoms with Gasteiger partial charge in [-0.05, 0) is 24.5 Å². The van der Waals surface area contributed by atoms with Gasteiger partial charge in [-0.2, -0.15) is 8.61 Å². The minimum atomic E-state index is -4.10. The first-order chi connectivity index (χ1) is 16.4.